The molecular formula is C19H27ClN4O2. The summed E-state index contributed by atoms with van der Waals surface area (Å²) in [7, 11) is 0. The Balaban J connectivity index is 1.72. The number of likely N-dealkylation sites (N-methyl/N-ethyl adjacent to an activating group) is 1. The standard InChI is InChI=1S/C19H27ClN4O2/c1-4-24(5-2)14(3)13-21-17(25)7-6-8-18-22-19(23-26-18)15-9-11-16(20)12-10-15/h9-12,14H,4-8,13H2,1-3H3,(H,21,25). The van der Waals surface area contributed by atoms with Gasteiger partial charge in [0, 0.05) is 36.0 Å². The van der Waals surface area contributed by atoms with Crippen molar-refractivity contribution < 1.29 is 9.32 Å². The van der Waals surface area contributed by atoms with Gasteiger partial charge in [-0.1, -0.05) is 30.6 Å². The number of carbonyl (C=O) groups excluding carboxylic acids is 1. The van der Waals surface area contributed by atoms with E-state index < -0.39 is 0 Å². The maximum absolute atomic E-state index is 12.0. The molecule has 0 radical (unpaired) electrons. The Labute approximate surface area is 159 Å². The lowest BCUT2D eigenvalue weighted by Crippen LogP contribution is -2.41. The molecule has 0 fully saturated rings. The van der Waals surface area contributed by atoms with E-state index in [9.17, 15) is 4.79 Å². The zero-order valence-corrected chi connectivity index (χ0v) is 16.4. The molecule has 0 saturated heterocycles. The van der Waals surface area contributed by atoms with Crippen LogP contribution in [0.2, 0.25) is 5.02 Å². The molecule has 0 spiro atoms. The van der Waals surface area contributed by atoms with E-state index in [4.69, 9.17) is 16.1 Å². The smallest absolute Gasteiger partial charge is 0.226 e. The summed E-state index contributed by atoms with van der Waals surface area (Å²) >= 11 is 5.88. The van der Waals surface area contributed by atoms with E-state index in [0.717, 1.165) is 18.7 Å². The van der Waals surface area contributed by atoms with Crippen LogP contribution in [0.25, 0.3) is 11.4 Å². The summed E-state index contributed by atoms with van der Waals surface area (Å²) in [6.45, 7) is 9.03. The van der Waals surface area contributed by atoms with E-state index in [2.05, 4.69) is 41.1 Å². The third kappa shape index (κ3) is 6.11. The molecule has 0 aliphatic rings. The van der Waals surface area contributed by atoms with Crippen LogP contribution >= 0.6 is 11.6 Å². The second kappa shape index (κ2) is 10.3. The molecule has 6 nitrogen and oxygen atoms in total. The molecule has 0 aliphatic carbocycles. The fraction of sp³-hybridized carbons (Fsp3) is 0.526. The Morgan fingerprint density at radius 1 is 1.27 bits per heavy atom. The summed E-state index contributed by atoms with van der Waals surface area (Å²) in [6, 6.07) is 7.61. The average molecular weight is 379 g/mol. The lowest BCUT2D eigenvalue weighted by atomic mass is 10.2. The van der Waals surface area contributed by atoms with Crippen molar-refractivity contribution in [2.75, 3.05) is 19.6 Å². The monoisotopic (exact) mass is 378 g/mol. The highest BCUT2D eigenvalue weighted by Crippen LogP contribution is 2.19. The van der Waals surface area contributed by atoms with Gasteiger partial charge in [-0.3, -0.25) is 9.69 Å². The lowest BCUT2D eigenvalue weighted by molar-refractivity contribution is -0.121. The SMILES string of the molecule is CCN(CC)C(C)CNC(=O)CCCc1nc(-c2ccc(Cl)cc2)no1. The van der Waals surface area contributed by atoms with Gasteiger partial charge in [0.1, 0.15) is 0 Å². The van der Waals surface area contributed by atoms with Crippen LogP contribution in [0.3, 0.4) is 0 Å². The molecule has 1 unspecified atom stereocenters. The molecule has 0 aliphatic heterocycles. The topological polar surface area (TPSA) is 71.3 Å². The zero-order chi connectivity index (χ0) is 18.9. The van der Waals surface area contributed by atoms with Crippen molar-refractivity contribution in [2.24, 2.45) is 0 Å². The number of aryl methyl sites for hydroxylation is 1. The first-order valence-corrected chi connectivity index (χ1v) is 9.50. The molecular weight excluding hydrogens is 352 g/mol. The molecule has 2 rings (SSSR count). The number of hydrogen-bond donors (Lipinski definition) is 1. The predicted octanol–water partition coefficient (Wildman–Crippen LogP) is 3.56. The third-order valence-electron chi connectivity index (χ3n) is 4.40. The maximum Gasteiger partial charge on any atom is 0.226 e. The molecule has 1 aromatic heterocycles. The van der Waals surface area contributed by atoms with Crippen molar-refractivity contribution in [3.8, 4) is 11.4 Å². The fourth-order valence-electron chi connectivity index (χ4n) is 2.80. The first kappa shape index (κ1) is 20.4. The van der Waals surface area contributed by atoms with Crippen molar-refractivity contribution in [3.05, 3.63) is 35.2 Å². The molecule has 1 atom stereocenters. The van der Waals surface area contributed by atoms with Gasteiger partial charge >= 0.3 is 0 Å². The van der Waals surface area contributed by atoms with Crippen LogP contribution in [0.4, 0.5) is 0 Å². The van der Waals surface area contributed by atoms with E-state index >= 15 is 0 Å². The summed E-state index contributed by atoms with van der Waals surface area (Å²) in [4.78, 5) is 18.7. The Morgan fingerprint density at radius 3 is 2.62 bits per heavy atom. The van der Waals surface area contributed by atoms with Crippen molar-refractivity contribution in [1.82, 2.24) is 20.4 Å². The predicted molar refractivity (Wildman–Crippen MR) is 103 cm³/mol. The largest absolute Gasteiger partial charge is 0.355 e. The van der Waals surface area contributed by atoms with Crippen LogP contribution in [0.5, 0.6) is 0 Å². The maximum atomic E-state index is 12.0. The minimum Gasteiger partial charge on any atom is -0.355 e. The normalized spacial score (nSPS) is 12.3. The summed E-state index contributed by atoms with van der Waals surface area (Å²) in [5, 5.41) is 7.64. The summed E-state index contributed by atoms with van der Waals surface area (Å²) in [5.41, 5.74) is 0.854. The van der Waals surface area contributed by atoms with Gasteiger partial charge in [-0.15, -0.1) is 0 Å². The number of amides is 1. The Morgan fingerprint density at radius 2 is 1.96 bits per heavy atom. The Bertz CT molecular complexity index is 683. The fourth-order valence-corrected chi connectivity index (χ4v) is 2.92. The van der Waals surface area contributed by atoms with Crippen molar-refractivity contribution in [1.29, 1.82) is 0 Å². The average Bonchev–Trinajstić information content (AvgIpc) is 3.10. The number of benzene rings is 1. The molecule has 1 amide bonds. The molecule has 7 heteroatoms. The van der Waals surface area contributed by atoms with Crippen molar-refractivity contribution in [2.45, 2.75) is 46.1 Å². The Hall–Kier alpha value is -1.92. The molecule has 2 aromatic rings. The molecule has 1 heterocycles. The summed E-state index contributed by atoms with van der Waals surface area (Å²) < 4.78 is 5.26. The first-order valence-electron chi connectivity index (χ1n) is 9.12. The van der Waals surface area contributed by atoms with Gasteiger partial charge in [0.15, 0.2) is 0 Å². The van der Waals surface area contributed by atoms with E-state index in [1.54, 1.807) is 12.1 Å². The highest BCUT2D eigenvalue weighted by atomic mass is 35.5. The summed E-state index contributed by atoms with van der Waals surface area (Å²) in [6.07, 6.45) is 1.71. The number of carbonyl (C=O) groups is 1. The van der Waals surface area contributed by atoms with Gasteiger partial charge in [0.2, 0.25) is 17.6 Å². The van der Waals surface area contributed by atoms with Crippen LogP contribution in [-0.4, -0.2) is 46.6 Å². The van der Waals surface area contributed by atoms with Gasteiger partial charge in [0.25, 0.3) is 0 Å². The highest BCUT2D eigenvalue weighted by Gasteiger charge is 2.12. The number of rotatable bonds is 10. The van der Waals surface area contributed by atoms with Gasteiger partial charge < -0.3 is 9.84 Å². The second-order valence-corrected chi connectivity index (χ2v) is 6.68. The first-order chi connectivity index (χ1) is 12.5. The van der Waals surface area contributed by atoms with E-state index in [1.165, 1.54) is 0 Å². The molecule has 142 valence electrons. The number of nitrogens with one attached hydrogen (secondary N) is 1. The van der Waals surface area contributed by atoms with Crippen molar-refractivity contribution in [3.63, 3.8) is 0 Å². The van der Waals surface area contributed by atoms with Crippen LogP contribution in [0, 0.1) is 0 Å². The van der Waals surface area contributed by atoms with E-state index in [0.29, 0.717) is 48.6 Å². The van der Waals surface area contributed by atoms with Gasteiger partial charge in [-0.2, -0.15) is 4.98 Å². The molecule has 0 bridgehead atoms. The highest BCUT2D eigenvalue weighted by molar-refractivity contribution is 6.30. The number of hydrogen-bond acceptors (Lipinski definition) is 5. The lowest BCUT2D eigenvalue weighted by Gasteiger charge is -2.26. The number of halogens is 1. The van der Waals surface area contributed by atoms with Gasteiger partial charge in [-0.05, 0) is 50.7 Å². The number of nitrogens with zero attached hydrogens (tertiary/aromatic N) is 3. The van der Waals surface area contributed by atoms with Crippen molar-refractivity contribution >= 4 is 17.5 Å². The molecule has 1 aromatic carbocycles. The zero-order valence-electron chi connectivity index (χ0n) is 15.7. The van der Waals surface area contributed by atoms with Crippen LogP contribution < -0.4 is 5.32 Å². The number of aromatic nitrogens is 2. The quantitative estimate of drug-likeness (QED) is 0.684. The van der Waals surface area contributed by atoms with Crippen LogP contribution in [0.15, 0.2) is 28.8 Å². The van der Waals surface area contributed by atoms with E-state index in [-0.39, 0.29) is 5.91 Å². The second-order valence-electron chi connectivity index (χ2n) is 6.25. The Kier molecular flexibility index (Phi) is 8.06. The minimum atomic E-state index is 0.0569. The minimum absolute atomic E-state index is 0.0569. The van der Waals surface area contributed by atoms with E-state index in [1.807, 2.05) is 12.1 Å². The molecule has 26 heavy (non-hydrogen) atoms. The summed E-state index contributed by atoms with van der Waals surface area (Å²) in [5.74, 6) is 1.13. The molecule has 0 saturated carbocycles. The molecule has 1 N–H and O–H groups in total. The van der Waals surface area contributed by atoms with Crippen LogP contribution in [0.1, 0.15) is 39.5 Å². The van der Waals surface area contributed by atoms with Gasteiger partial charge in [-0.25, -0.2) is 0 Å². The van der Waals surface area contributed by atoms with Gasteiger partial charge in [0.05, 0.1) is 0 Å². The van der Waals surface area contributed by atoms with Crippen LogP contribution in [-0.2, 0) is 11.2 Å². The third-order valence-corrected chi connectivity index (χ3v) is 4.65.